The minimum Gasteiger partial charge on any atom is -0.493 e. The van der Waals surface area contributed by atoms with Gasteiger partial charge in [0.15, 0.2) is 11.5 Å². The minimum absolute atomic E-state index is 0.115. The van der Waals surface area contributed by atoms with Crippen LogP contribution < -0.4 is 9.47 Å². The van der Waals surface area contributed by atoms with E-state index in [4.69, 9.17) is 21.1 Å². The van der Waals surface area contributed by atoms with Crippen LogP contribution in [0.2, 0.25) is 5.02 Å². The number of carbonyl (C=O) groups is 1. The maximum atomic E-state index is 12.2. The Bertz CT molecular complexity index is 564. The quantitative estimate of drug-likeness (QED) is 0.803. The highest BCUT2D eigenvalue weighted by atomic mass is 35.5. The van der Waals surface area contributed by atoms with Gasteiger partial charge in [-0.25, -0.2) is 0 Å². The van der Waals surface area contributed by atoms with Crippen LogP contribution in [-0.4, -0.2) is 20.0 Å². The summed E-state index contributed by atoms with van der Waals surface area (Å²) in [6, 6.07) is 6.77. The van der Waals surface area contributed by atoms with Crippen molar-refractivity contribution in [3.05, 3.63) is 45.1 Å². The molecule has 3 nitrogen and oxygen atoms in total. The van der Waals surface area contributed by atoms with Crippen molar-refractivity contribution in [3.63, 3.8) is 0 Å². The van der Waals surface area contributed by atoms with Gasteiger partial charge in [0.05, 0.1) is 24.1 Å². The van der Waals surface area contributed by atoms with Gasteiger partial charge in [0, 0.05) is 11.6 Å². The second-order valence-electron chi connectivity index (χ2n) is 3.49. The highest BCUT2D eigenvalue weighted by molar-refractivity contribution is 7.12. The van der Waals surface area contributed by atoms with Crippen molar-refractivity contribution in [1.82, 2.24) is 0 Å². The van der Waals surface area contributed by atoms with Crippen LogP contribution in [-0.2, 0) is 0 Å². The zero-order valence-corrected chi connectivity index (χ0v) is 11.5. The summed E-state index contributed by atoms with van der Waals surface area (Å²) in [6.45, 7) is 0. The largest absolute Gasteiger partial charge is 0.493 e. The summed E-state index contributed by atoms with van der Waals surface area (Å²) in [7, 11) is 3.04. The Morgan fingerprint density at radius 3 is 2.44 bits per heavy atom. The molecule has 5 heteroatoms. The molecule has 94 valence electrons. The molecule has 0 saturated heterocycles. The van der Waals surface area contributed by atoms with Gasteiger partial charge >= 0.3 is 0 Å². The Morgan fingerprint density at radius 1 is 1.22 bits per heavy atom. The van der Waals surface area contributed by atoms with Crippen molar-refractivity contribution >= 4 is 28.7 Å². The summed E-state index contributed by atoms with van der Waals surface area (Å²) in [5.74, 6) is 0.878. The van der Waals surface area contributed by atoms with Crippen LogP contribution in [0.1, 0.15) is 15.2 Å². The third-order valence-corrected chi connectivity index (χ3v) is 3.64. The lowest BCUT2D eigenvalue weighted by Gasteiger charge is -2.10. The molecular weight excluding hydrogens is 272 g/mol. The monoisotopic (exact) mass is 282 g/mol. The Morgan fingerprint density at radius 2 is 1.89 bits per heavy atom. The van der Waals surface area contributed by atoms with Gasteiger partial charge < -0.3 is 9.47 Å². The summed E-state index contributed by atoms with van der Waals surface area (Å²) in [4.78, 5) is 12.9. The number of methoxy groups -OCH3 is 2. The molecule has 18 heavy (non-hydrogen) atoms. The highest BCUT2D eigenvalue weighted by Gasteiger charge is 2.17. The van der Waals surface area contributed by atoms with Gasteiger partial charge in [-0.3, -0.25) is 4.79 Å². The second kappa shape index (κ2) is 5.42. The van der Waals surface area contributed by atoms with Crippen LogP contribution in [0.25, 0.3) is 0 Å². The summed E-state index contributed by atoms with van der Waals surface area (Å²) in [5, 5.41) is 2.20. The number of halogens is 1. The molecule has 2 aromatic rings. The van der Waals surface area contributed by atoms with Crippen LogP contribution in [0.4, 0.5) is 0 Å². The van der Waals surface area contributed by atoms with Crippen LogP contribution in [0.15, 0.2) is 29.6 Å². The van der Waals surface area contributed by atoms with E-state index in [0.717, 1.165) is 0 Å². The van der Waals surface area contributed by atoms with Crippen molar-refractivity contribution in [1.29, 1.82) is 0 Å². The molecule has 1 aromatic carbocycles. The number of hydrogen-bond acceptors (Lipinski definition) is 4. The molecule has 0 spiro atoms. The lowest BCUT2D eigenvalue weighted by molar-refractivity contribution is 0.104. The molecule has 0 aliphatic rings. The lowest BCUT2D eigenvalue weighted by Crippen LogP contribution is -2.01. The molecule has 0 aliphatic heterocycles. The fraction of sp³-hybridized carbons (Fsp3) is 0.154. The van der Waals surface area contributed by atoms with Crippen molar-refractivity contribution in [2.75, 3.05) is 14.2 Å². The average Bonchev–Trinajstić information content (AvgIpc) is 2.91. The Kier molecular flexibility index (Phi) is 3.89. The number of hydrogen-bond donors (Lipinski definition) is 0. The summed E-state index contributed by atoms with van der Waals surface area (Å²) in [6.07, 6.45) is 0. The van der Waals surface area contributed by atoms with Gasteiger partial charge in [-0.05, 0) is 17.5 Å². The summed E-state index contributed by atoms with van der Waals surface area (Å²) >= 11 is 7.47. The summed E-state index contributed by atoms with van der Waals surface area (Å²) < 4.78 is 10.3. The first kappa shape index (κ1) is 12.9. The molecule has 1 aromatic heterocycles. The van der Waals surface area contributed by atoms with E-state index in [2.05, 4.69) is 0 Å². The van der Waals surface area contributed by atoms with Gasteiger partial charge in [0.1, 0.15) is 0 Å². The standard InChI is InChI=1S/C13H11ClO3S/c1-16-10-6-8(9(14)7-11(10)17-2)13(15)12-4-3-5-18-12/h3-7H,1-2H3. The van der Waals surface area contributed by atoms with E-state index in [-0.39, 0.29) is 5.78 Å². The third kappa shape index (κ3) is 2.35. The predicted octanol–water partition coefficient (Wildman–Crippen LogP) is 3.65. The topological polar surface area (TPSA) is 35.5 Å². The number of carbonyl (C=O) groups excluding carboxylic acids is 1. The zero-order valence-electron chi connectivity index (χ0n) is 9.90. The Hall–Kier alpha value is -1.52. The fourth-order valence-electron chi connectivity index (χ4n) is 1.57. The van der Waals surface area contributed by atoms with Crippen molar-refractivity contribution in [2.45, 2.75) is 0 Å². The molecule has 0 radical (unpaired) electrons. The Balaban J connectivity index is 2.48. The van der Waals surface area contributed by atoms with Gasteiger partial charge in [-0.1, -0.05) is 17.7 Å². The molecule has 0 bridgehead atoms. The summed E-state index contributed by atoms with van der Waals surface area (Å²) in [5.41, 5.74) is 0.414. The van der Waals surface area contributed by atoms with E-state index >= 15 is 0 Å². The molecule has 0 fully saturated rings. The predicted molar refractivity (Wildman–Crippen MR) is 72.3 cm³/mol. The first-order valence-corrected chi connectivity index (χ1v) is 6.43. The van der Waals surface area contributed by atoms with Crippen LogP contribution in [0, 0.1) is 0 Å². The first-order chi connectivity index (χ1) is 8.67. The third-order valence-electron chi connectivity index (χ3n) is 2.46. The molecule has 0 amide bonds. The van der Waals surface area contributed by atoms with Gasteiger partial charge in [0.25, 0.3) is 0 Å². The normalized spacial score (nSPS) is 10.2. The molecule has 0 saturated carbocycles. The van der Waals surface area contributed by atoms with Crippen molar-refractivity contribution < 1.29 is 14.3 Å². The maximum Gasteiger partial charge on any atom is 0.204 e. The maximum absolute atomic E-state index is 12.2. The smallest absolute Gasteiger partial charge is 0.204 e. The molecular formula is C13H11ClO3S. The number of ether oxygens (including phenoxy) is 2. The van der Waals surface area contributed by atoms with Gasteiger partial charge in [-0.2, -0.15) is 0 Å². The molecule has 0 unspecified atom stereocenters. The number of benzene rings is 1. The average molecular weight is 283 g/mol. The number of thiophene rings is 1. The van der Waals surface area contributed by atoms with E-state index in [1.165, 1.54) is 25.6 Å². The molecule has 0 N–H and O–H groups in total. The second-order valence-corrected chi connectivity index (χ2v) is 4.85. The SMILES string of the molecule is COc1cc(Cl)c(C(=O)c2cccs2)cc1OC. The van der Waals surface area contributed by atoms with Gasteiger partial charge in [0.2, 0.25) is 5.78 Å². The molecule has 1 heterocycles. The van der Waals surface area contributed by atoms with Gasteiger partial charge in [-0.15, -0.1) is 11.3 Å². The van der Waals surface area contributed by atoms with Crippen molar-refractivity contribution in [2.24, 2.45) is 0 Å². The molecule has 2 rings (SSSR count). The van der Waals surface area contributed by atoms with E-state index in [9.17, 15) is 4.79 Å². The van der Waals surface area contributed by atoms with E-state index in [1.54, 1.807) is 18.2 Å². The van der Waals surface area contributed by atoms with Crippen molar-refractivity contribution in [3.8, 4) is 11.5 Å². The van der Waals surface area contributed by atoms with E-state index in [0.29, 0.717) is 27.0 Å². The van der Waals surface area contributed by atoms with E-state index in [1.807, 2.05) is 11.4 Å². The van der Waals surface area contributed by atoms with E-state index < -0.39 is 0 Å². The molecule has 0 aliphatic carbocycles. The number of ketones is 1. The van der Waals surface area contributed by atoms with Crippen LogP contribution >= 0.6 is 22.9 Å². The van der Waals surface area contributed by atoms with Crippen LogP contribution in [0.5, 0.6) is 11.5 Å². The first-order valence-electron chi connectivity index (χ1n) is 5.17. The highest BCUT2D eigenvalue weighted by Crippen LogP contribution is 2.34. The Labute approximate surface area is 114 Å². The molecule has 0 atom stereocenters. The number of rotatable bonds is 4. The minimum atomic E-state index is -0.115. The lowest BCUT2D eigenvalue weighted by atomic mass is 10.1. The fourth-order valence-corrected chi connectivity index (χ4v) is 2.49. The van der Waals surface area contributed by atoms with Crippen LogP contribution in [0.3, 0.4) is 0 Å². The zero-order chi connectivity index (χ0) is 13.1.